The maximum absolute atomic E-state index is 11.4. The lowest BCUT2D eigenvalue weighted by Crippen LogP contribution is -2.36. The number of carbonyl (C=O) groups is 1. The Balaban J connectivity index is 4.36. The summed E-state index contributed by atoms with van der Waals surface area (Å²) >= 11 is 8.29. The Morgan fingerprint density at radius 2 is 1.83 bits per heavy atom. The van der Waals surface area contributed by atoms with Crippen molar-refractivity contribution >= 4 is 31.2 Å². The van der Waals surface area contributed by atoms with Crippen molar-refractivity contribution in [2.75, 3.05) is 18.1 Å². The Kier molecular flexibility index (Phi) is 5.84. The fourth-order valence-corrected chi connectivity index (χ4v) is 1.94. The van der Waals surface area contributed by atoms with Crippen LogP contribution in [0.1, 0.15) is 20.3 Å². The first-order chi connectivity index (χ1) is 5.66. The van der Waals surface area contributed by atoms with Crippen LogP contribution in [-0.4, -0.2) is 24.1 Å². The summed E-state index contributed by atoms with van der Waals surface area (Å²) < 4.78 is 4.94. The smallest absolute Gasteiger partial charge is 0.313 e. The van der Waals surface area contributed by atoms with Gasteiger partial charge in [0.2, 0.25) is 0 Å². The molecule has 0 unspecified atom stereocenters. The van der Waals surface area contributed by atoms with Gasteiger partial charge in [-0.15, -0.1) is 0 Å². The highest BCUT2D eigenvalue weighted by atomic mass is 32.1. The van der Waals surface area contributed by atoms with Crippen LogP contribution in [0.4, 0.5) is 0 Å². The van der Waals surface area contributed by atoms with Gasteiger partial charge in [0.1, 0.15) is 0 Å². The molecule has 0 saturated carbocycles. The Hall–Kier alpha value is 0.170. The number of thiol groups is 2. The Labute approximate surface area is 84.9 Å². The lowest BCUT2D eigenvalue weighted by molar-refractivity contribution is -0.152. The molecule has 0 saturated heterocycles. The van der Waals surface area contributed by atoms with Crippen LogP contribution < -0.4 is 0 Å². The first-order valence-corrected chi connectivity index (χ1v) is 5.32. The lowest BCUT2D eigenvalue weighted by Gasteiger charge is -2.26. The summed E-state index contributed by atoms with van der Waals surface area (Å²) in [6.45, 7) is 4.17. The average molecular weight is 208 g/mol. The Morgan fingerprint density at radius 1 is 1.33 bits per heavy atom. The maximum Gasteiger partial charge on any atom is 0.313 e. The van der Waals surface area contributed by atoms with E-state index >= 15 is 0 Å². The van der Waals surface area contributed by atoms with Crippen molar-refractivity contribution in [3.8, 4) is 0 Å². The van der Waals surface area contributed by atoms with Gasteiger partial charge in [0, 0.05) is 11.5 Å². The SMILES string of the molecule is CCOC(=O)C(CC)(CS)CS. The van der Waals surface area contributed by atoms with Crippen LogP contribution in [0.2, 0.25) is 0 Å². The van der Waals surface area contributed by atoms with Crippen molar-refractivity contribution in [1.82, 2.24) is 0 Å². The summed E-state index contributed by atoms with van der Waals surface area (Å²) in [6, 6.07) is 0. The maximum atomic E-state index is 11.4. The van der Waals surface area contributed by atoms with E-state index in [0.717, 1.165) is 6.42 Å². The van der Waals surface area contributed by atoms with Gasteiger partial charge in [-0.05, 0) is 13.3 Å². The molecule has 0 heterocycles. The minimum Gasteiger partial charge on any atom is -0.466 e. The molecule has 0 fully saturated rings. The van der Waals surface area contributed by atoms with Crippen molar-refractivity contribution in [2.45, 2.75) is 20.3 Å². The van der Waals surface area contributed by atoms with Gasteiger partial charge in [-0.2, -0.15) is 25.3 Å². The number of carbonyl (C=O) groups excluding carboxylic acids is 1. The molecule has 72 valence electrons. The second kappa shape index (κ2) is 5.75. The molecule has 2 nitrogen and oxygen atoms in total. The molecule has 0 aromatic rings. The van der Waals surface area contributed by atoms with Gasteiger partial charge in [-0.25, -0.2) is 0 Å². The highest BCUT2D eigenvalue weighted by Crippen LogP contribution is 2.26. The first-order valence-electron chi connectivity index (χ1n) is 4.05. The number of hydrogen-bond donors (Lipinski definition) is 2. The quantitative estimate of drug-likeness (QED) is 0.532. The van der Waals surface area contributed by atoms with Gasteiger partial charge in [-0.3, -0.25) is 4.79 Å². The van der Waals surface area contributed by atoms with Gasteiger partial charge in [0.15, 0.2) is 0 Å². The van der Waals surface area contributed by atoms with E-state index in [1.54, 1.807) is 6.92 Å². The largest absolute Gasteiger partial charge is 0.466 e. The monoisotopic (exact) mass is 208 g/mol. The molecule has 0 atom stereocenters. The predicted octanol–water partition coefficient (Wildman–Crippen LogP) is 1.81. The van der Waals surface area contributed by atoms with Gasteiger partial charge >= 0.3 is 5.97 Å². The Bertz CT molecular complexity index is 136. The van der Waals surface area contributed by atoms with E-state index in [0.29, 0.717) is 18.1 Å². The summed E-state index contributed by atoms with van der Waals surface area (Å²) in [5.41, 5.74) is -0.498. The fourth-order valence-electron chi connectivity index (χ4n) is 0.831. The zero-order chi connectivity index (χ0) is 9.61. The third-order valence-corrected chi connectivity index (χ3v) is 3.20. The highest BCUT2D eigenvalue weighted by molar-refractivity contribution is 7.81. The third-order valence-electron chi connectivity index (χ3n) is 1.99. The molecule has 0 aromatic carbocycles. The third kappa shape index (κ3) is 2.59. The van der Waals surface area contributed by atoms with Crippen LogP contribution in [-0.2, 0) is 9.53 Å². The fraction of sp³-hybridized carbons (Fsp3) is 0.875. The van der Waals surface area contributed by atoms with E-state index in [1.807, 2.05) is 6.92 Å². The van der Waals surface area contributed by atoms with E-state index in [2.05, 4.69) is 25.3 Å². The Morgan fingerprint density at radius 3 is 2.08 bits per heavy atom. The van der Waals surface area contributed by atoms with Gasteiger partial charge in [0.25, 0.3) is 0 Å². The number of rotatable bonds is 5. The minimum atomic E-state index is -0.498. The summed E-state index contributed by atoms with van der Waals surface area (Å²) in [6.07, 6.45) is 0.721. The molecule has 12 heavy (non-hydrogen) atoms. The number of esters is 1. The summed E-state index contributed by atoms with van der Waals surface area (Å²) in [5.74, 6) is 0.801. The normalized spacial score (nSPS) is 11.3. The number of hydrogen-bond acceptors (Lipinski definition) is 4. The van der Waals surface area contributed by atoms with Crippen LogP contribution in [0.15, 0.2) is 0 Å². The molecule has 0 bridgehead atoms. The summed E-state index contributed by atoms with van der Waals surface area (Å²) in [7, 11) is 0. The zero-order valence-corrected chi connectivity index (χ0v) is 9.33. The zero-order valence-electron chi connectivity index (χ0n) is 7.54. The highest BCUT2D eigenvalue weighted by Gasteiger charge is 2.35. The van der Waals surface area contributed by atoms with Crippen LogP contribution >= 0.6 is 25.3 Å². The molecular formula is C8H16O2S2. The molecule has 0 rings (SSSR count). The average Bonchev–Trinajstić information content (AvgIpc) is 2.09. The van der Waals surface area contributed by atoms with E-state index < -0.39 is 5.41 Å². The molecule has 0 N–H and O–H groups in total. The molecule has 0 amide bonds. The van der Waals surface area contributed by atoms with Crippen molar-refractivity contribution in [1.29, 1.82) is 0 Å². The van der Waals surface area contributed by atoms with E-state index in [1.165, 1.54) is 0 Å². The number of ether oxygens (including phenoxy) is 1. The molecular weight excluding hydrogens is 192 g/mol. The van der Waals surface area contributed by atoms with Crippen molar-refractivity contribution < 1.29 is 9.53 Å². The molecule has 0 aliphatic heterocycles. The lowest BCUT2D eigenvalue weighted by atomic mass is 9.90. The van der Waals surface area contributed by atoms with Gasteiger partial charge in [-0.1, -0.05) is 6.92 Å². The molecule has 0 aliphatic rings. The summed E-state index contributed by atoms with van der Waals surface area (Å²) in [4.78, 5) is 11.4. The van der Waals surface area contributed by atoms with Crippen molar-refractivity contribution in [2.24, 2.45) is 5.41 Å². The summed E-state index contributed by atoms with van der Waals surface area (Å²) in [5, 5.41) is 0. The molecule has 0 aromatic heterocycles. The minimum absolute atomic E-state index is 0.183. The molecule has 0 spiro atoms. The second-order valence-corrected chi connectivity index (χ2v) is 3.30. The molecule has 0 aliphatic carbocycles. The first kappa shape index (κ1) is 12.2. The van der Waals surface area contributed by atoms with Crippen LogP contribution in [0.3, 0.4) is 0 Å². The van der Waals surface area contributed by atoms with E-state index in [-0.39, 0.29) is 5.97 Å². The van der Waals surface area contributed by atoms with Crippen LogP contribution in [0.25, 0.3) is 0 Å². The van der Waals surface area contributed by atoms with Crippen LogP contribution in [0, 0.1) is 5.41 Å². The van der Waals surface area contributed by atoms with Crippen molar-refractivity contribution in [3.63, 3.8) is 0 Å². The van der Waals surface area contributed by atoms with Gasteiger partial charge < -0.3 is 4.74 Å². The van der Waals surface area contributed by atoms with E-state index in [4.69, 9.17) is 4.74 Å². The standard InChI is InChI=1S/C8H16O2S2/c1-3-8(5-11,6-12)7(9)10-4-2/h11-12H,3-6H2,1-2H3. The molecule has 4 heteroatoms. The second-order valence-electron chi connectivity index (χ2n) is 2.67. The van der Waals surface area contributed by atoms with E-state index in [9.17, 15) is 4.79 Å². The molecule has 0 radical (unpaired) electrons. The van der Waals surface area contributed by atoms with Crippen LogP contribution in [0.5, 0.6) is 0 Å². The van der Waals surface area contributed by atoms with Gasteiger partial charge in [0.05, 0.1) is 12.0 Å². The topological polar surface area (TPSA) is 26.3 Å². The van der Waals surface area contributed by atoms with Crippen molar-refractivity contribution in [3.05, 3.63) is 0 Å². The predicted molar refractivity (Wildman–Crippen MR) is 57.1 cm³/mol.